The predicted octanol–water partition coefficient (Wildman–Crippen LogP) is 5.65. The van der Waals surface area contributed by atoms with E-state index < -0.39 is 35.9 Å². The lowest BCUT2D eigenvalue weighted by Crippen LogP contribution is -2.63. The van der Waals surface area contributed by atoms with Gasteiger partial charge in [-0.05, 0) is 74.0 Å². The Morgan fingerprint density at radius 2 is 1.40 bits per heavy atom. The zero-order valence-corrected chi connectivity index (χ0v) is 17.5. The molecule has 9 heteroatoms. The number of hydrogen-bond donors (Lipinski definition) is 1. The highest BCUT2D eigenvalue weighted by atomic mass is 19.4. The van der Waals surface area contributed by atoms with Crippen LogP contribution in [0.15, 0.2) is 0 Å². The van der Waals surface area contributed by atoms with Crippen molar-refractivity contribution in [2.75, 3.05) is 6.61 Å². The minimum atomic E-state index is -6.22. The molecular formula is C21H30F6O3. The SMILES string of the molecule is CCC(C)(COC(=O)C(O)(C(F)(F)F)C(F)(F)F)CC1(C)C2CC3CC(C2)CC1C3. The number of halogens is 6. The molecule has 0 spiro atoms. The summed E-state index contributed by atoms with van der Waals surface area (Å²) >= 11 is 0. The van der Waals surface area contributed by atoms with Crippen molar-refractivity contribution in [2.24, 2.45) is 34.5 Å². The number of hydrogen-bond acceptors (Lipinski definition) is 3. The summed E-state index contributed by atoms with van der Waals surface area (Å²) in [7, 11) is 0. The van der Waals surface area contributed by atoms with Gasteiger partial charge in [-0.2, -0.15) is 26.3 Å². The van der Waals surface area contributed by atoms with E-state index in [2.05, 4.69) is 11.7 Å². The number of esters is 1. The summed E-state index contributed by atoms with van der Waals surface area (Å²) in [6.45, 7) is 5.10. The Balaban J connectivity index is 1.74. The van der Waals surface area contributed by atoms with Gasteiger partial charge in [0.15, 0.2) is 0 Å². The maximum absolute atomic E-state index is 12.9. The molecule has 0 radical (unpaired) electrons. The van der Waals surface area contributed by atoms with Gasteiger partial charge in [-0.3, -0.25) is 0 Å². The van der Waals surface area contributed by atoms with Crippen LogP contribution in [0.2, 0.25) is 0 Å². The molecule has 4 fully saturated rings. The lowest BCUT2D eigenvalue weighted by Gasteiger charge is -2.62. The predicted molar refractivity (Wildman–Crippen MR) is 96.2 cm³/mol. The second-order valence-corrected chi connectivity index (χ2v) is 10.4. The van der Waals surface area contributed by atoms with Gasteiger partial charge in [0, 0.05) is 5.41 Å². The largest absolute Gasteiger partial charge is 0.462 e. The third-order valence-electron chi connectivity index (χ3n) is 8.33. The molecule has 174 valence electrons. The first-order chi connectivity index (χ1) is 13.6. The first-order valence-corrected chi connectivity index (χ1v) is 10.6. The van der Waals surface area contributed by atoms with Gasteiger partial charge < -0.3 is 9.84 Å². The second kappa shape index (κ2) is 7.27. The quantitative estimate of drug-likeness (QED) is 0.425. The van der Waals surface area contributed by atoms with Crippen LogP contribution in [0.5, 0.6) is 0 Å². The van der Waals surface area contributed by atoms with E-state index in [-0.39, 0.29) is 5.41 Å². The van der Waals surface area contributed by atoms with Crippen molar-refractivity contribution in [3.8, 4) is 0 Å². The normalized spacial score (nSPS) is 35.9. The number of rotatable bonds is 6. The summed E-state index contributed by atoms with van der Waals surface area (Å²) < 4.78 is 82.0. The zero-order chi connectivity index (χ0) is 22.8. The van der Waals surface area contributed by atoms with Crippen molar-refractivity contribution >= 4 is 5.97 Å². The standard InChI is InChI=1S/C21H30F6O3/c1-4-17(2,11-30-16(28)19(29,20(22,23)24)21(25,26)27)10-18(3)14-6-12-5-13(8-14)9-15(18)7-12/h12-15,29H,4-11H2,1-3H3. The molecule has 4 aliphatic carbocycles. The van der Waals surface area contributed by atoms with Gasteiger partial charge in [0.1, 0.15) is 0 Å². The Morgan fingerprint density at radius 3 is 1.77 bits per heavy atom. The number of aliphatic hydroxyl groups is 1. The van der Waals surface area contributed by atoms with E-state index in [4.69, 9.17) is 0 Å². The van der Waals surface area contributed by atoms with Crippen LogP contribution in [0.1, 0.15) is 65.7 Å². The minimum absolute atomic E-state index is 0.0745. The lowest BCUT2D eigenvalue weighted by atomic mass is 9.43. The van der Waals surface area contributed by atoms with Gasteiger partial charge in [0.05, 0.1) is 6.61 Å². The van der Waals surface area contributed by atoms with Crippen molar-refractivity contribution in [2.45, 2.75) is 83.7 Å². The first-order valence-electron chi connectivity index (χ1n) is 10.6. The highest BCUT2D eigenvalue weighted by molar-refractivity contribution is 5.81. The average molecular weight is 444 g/mol. The van der Waals surface area contributed by atoms with Crippen LogP contribution in [0, 0.1) is 34.5 Å². The third-order valence-corrected chi connectivity index (χ3v) is 8.33. The van der Waals surface area contributed by atoms with Crippen LogP contribution < -0.4 is 0 Å². The topological polar surface area (TPSA) is 46.5 Å². The molecule has 0 aliphatic heterocycles. The van der Waals surface area contributed by atoms with Gasteiger partial charge in [-0.1, -0.05) is 20.8 Å². The lowest BCUT2D eigenvalue weighted by molar-refractivity contribution is -0.357. The van der Waals surface area contributed by atoms with Crippen LogP contribution in [-0.4, -0.2) is 35.6 Å². The Bertz CT molecular complexity index is 629. The fourth-order valence-corrected chi connectivity index (χ4v) is 6.48. The Hall–Kier alpha value is -0.990. The monoisotopic (exact) mass is 444 g/mol. The van der Waals surface area contributed by atoms with E-state index in [0.717, 1.165) is 37.5 Å². The van der Waals surface area contributed by atoms with Crippen LogP contribution >= 0.6 is 0 Å². The Labute approximate surface area is 172 Å². The molecule has 1 N–H and O–H groups in total. The maximum Gasteiger partial charge on any atom is 0.437 e. The number of carbonyl (C=O) groups excluding carboxylic acids is 1. The van der Waals surface area contributed by atoms with E-state index >= 15 is 0 Å². The molecule has 3 nitrogen and oxygen atoms in total. The van der Waals surface area contributed by atoms with Crippen LogP contribution in [0.4, 0.5) is 26.3 Å². The molecule has 1 atom stereocenters. The molecule has 4 rings (SSSR count). The van der Waals surface area contributed by atoms with E-state index in [9.17, 15) is 36.2 Å². The van der Waals surface area contributed by atoms with Crippen molar-refractivity contribution in [1.82, 2.24) is 0 Å². The van der Waals surface area contributed by atoms with Crippen molar-refractivity contribution in [3.05, 3.63) is 0 Å². The van der Waals surface area contributed by atoms with Gasteiger partial charge in [-0.25, -0.2) is 4.79 Å². The Morgan fingerprint density at radius 1 is 0.967 bits per heavy atom. The average Bonchev–Trinajstić information content (AvgIpc) is 2.61. The highest BCUT2D eigenvalue weighted by Crippen LogP contribution is 2.65. The van der Waals surface area contributed by atoms with Crippen LogP contribution in [0.3, 0.4) is 0 Å². The molecule has 4 aliphatic rings. The summed E-state index contributed by atoms with van der Waals surface area (Å²) in [4.78, 5) is 11.8. The molecule has 1 unspecified atom stereocenters. The fourth-order valence-electron chi connectivity index (χ4n) is 6.48. The first kappa shape index (κ1) is 23.7. The van der Waals surface area contributed by atoms with E-state index in [1.54, 1.807) is 13.8 Å². The highest BCUT2D eigenvalue weighted by Gasteiger charge is 2.76. The Kier molecular flexibility index (Phi) is 5.74. The van der Waals surface area contributed by atoms with E-state index in [1.807, 2.05) is 0 Å². The molecular weight excluding hydrogens is 414 g/mol. The number of ether oxygens (including phenoxy) is 1. The smallest absolute Gasteiger partial charge is 0.437 e. The summed E-state index contributed by atoms with van der Waals surface area (Å²) in [5.41, 5.74) is -6.38. The molecule has 4 bridgehead atoms. The van der Waals surface area contributed by atoms with Crippen molar-refractivity contribution in [1.29, 1.82) is 0 Å². The molecule has 30 heavy (non-hydrogen) atoms. The summed E-state index contributed by atoms with van der Waals surface area (Å²) in [5, 5.41) is 9.24. The molecule has 0 aromatic heterocycles. The van der Waals surface area contributed by atoms with Crippen molar-refractivity contribution in [3.63, 3.8) is 0 Å². The maximum atomic E-state index is 12.9. The van der Waals surface area contributed by atoms with Gasteiger partial charge in [-0.15, -0.1) is 0 Å². The van der Waals surface area contributed by atoms with Crippen LogP contribution in [0.25, 0.3) is 0 Å². The summed E-state index contributed by atoms with van der Waals surface area (Å²) in [5.74, 6) is -0.299. The van der Waals surface area contributed by atoms with Gasteiger partial charge >= 0.3 is 23.9 Å². The molecule has 0 aromatic carbocycles. The van der Waals surface area contributed by atoms with E-state index in [1.165, 1.54) is 6.42 Å². The molecule has 0 saturated heterocycles. The van der Waals surface area contributed by atoms with Crippen LogP contribution in [-0.2, 0) is 9.53 Å². The van der Waals surface area contributed by atoms with Gasteiger partial charge in [0.2, 0.25) is 0 Å². The van der Waals surface area contributed by atoms with Crippen molar-refractivity contribution < 1.29 is 41.0 Å². The molecule has 0 amide bonds. The second-order valence-electron chi connectivity index (χ2n) is 10.4. The summed E-state index contributed by atoms with van der Waals surface area (Å²) in [6, 6.07) is 0. The number of carbonyl (C=O) groups is 1. The van der Waals surface area contributed by atoms with E-state index in [0.29, 0.717) is 24.7 Å². The minimum Gasteiger partial charge on any atom is -0.462 e. The zero-order valence-electron chi connectivity index (χ0n) is 17.5. The fraction of sp³-hybridized carbons (Fsp3) is 0.952. The molecule has 0 aromatic rings. The summed E-state index contributed by atoms with van der Waals surface area (Å²) in [6.07, 6.45) is -5.73. The third kappa shape index (κ3) is 3.73. The molecule has 0 heterocycles. The molecule has 4 saturated carbocycles. The number of alkyl halides is 6. The van der Waals surface area contributed by atoms with Gasteiger partial charge in [0.25, 0.3) is 0 Å².